The van der Waals surface area contributed by atoms with Crippen LogP contribution in [0.2, 0.25) is 5.02 Å². The molecule has 0 aliphatic carbocycles. The summed E-state index contributed by atoms with van der Waals surface area (Å²) in [5.74, 6) is 0.388. The molecule has 2 aromatic carbocycles. The van der Waals surface area contributed by atoms with E-state index >= 15 is 0 Å². The maximum absolute atomic E-state index is 11.0. The van der Waals surface area contributed by atoms with Crippen molar-refractivity contribution in [3.05, 3.63) is 57.1 Å². The molecule has 0 heterocycles. The Morgan fingerprint density at radius 1 is 1.33 bits per heavy atom. The summed E-state index contributed by atoms with van der Waals surface area (Å²) in [4.78, 5) is 10.5. The summed E-state index contributed by atoms with van der Waals surface area (Å²) in [6.07, 6.45) is 0. The molecule has 0 atom stereocenters. The lowest BCUT2D eigenvalue weighted by Crippen LogP contribution is -2.02. The van der Waals surface area contributed by atoms with Crippen LogP contribution in [0.4, 0.5) is 11.4 Å². The first-order chi connectivity index (χ1) is 10.0. The van der Waals surface area contributed by atoms with Crippen molar-refractivity contribution in [1.29, 1.82) is 0 Å². The first kappa shape index (κ1) is 14.9. The van der Waals surface area contributed by atoms with Gasteiger partial charge >= 0.3 is 0 Å². The highest BCUT2D eigenvalue weighted by Crippen LogP contribution is 2.29. The van der Waals surface area contributed by atoms with Crippen molar-refractivity contribution in [3.63, 3.8) is 0 Å². The minimum atomic E-state index is -0.500. The molecule has 0 fully saturated rings. The second-order valence-corrected chi connectivity index (χ2v) is 4.71. The Morgan fingerprint density at radius 3 is 2.71 bits per heavy atom. The van der Waals surface area contributed by atoms with Gasteiger partial charge in [0.05, 0.1) is 12.0 Å². The van der Waals surface area contributed by atoms with Crippen molar-refractivity contribution >= 4 is 23.0 Å². The molecule has 21 heavy (non-hydrogen) atoms. The lowest BCUT2D eigenvalue weighted by molar-refractivity contribution is -0.383. The summed E-state index contributed by atoms with van der Waals surface area (Å²) < 4.78 is 4.95. The van der Waals surface area contributed by atoms with Crippen LogP contribution in [0.3, 0.4) is 0 Å². The van der Waals surface area contributed by atoms with Gasteiger partial charge in [-0.15, -0.1) is 0 Å². The Morgan fingerprint density at radius 2 is 2.10 bits per heavy atom. The number of benzene rings is 2. The van der Waals surface area contributed by atoms with E-state index in [4.69, 9.17) is 16.3 Å². The molecule has 0 spiro atoms. The first-order valence-corrected chi connectivity index (χ1v) is 6.42. The number of nitrogens with zero attached hydrogens (tertiary/aromatic N) is 1. The molecular formula is C14H13ClN2O4. The zero-order valence-electron chi connectivity index (χ0n) is 11.2. The third-order valence-electron chi connectivity index (χ3n) is 2.88. The highest BCUT2D eigenvalue weighted by molar-refractivity contribution is 6.30. The number of nitro groups is 1. The van der Waals surface area contributed by atoms with Gasteiger partial charge in [0.1, 0.15) is 5.69 Å². The second-order valence-electron chi connectivity index (χ2n) is 4.28. The van der Waals surface area contributed by atoms with E-state index in [-0.39, 0.29) is 11.4 Å². The van der Waals surface area contributed by atoms with Crippen LogP contribution in [-0.2, 0) is 6.54 Å². The first-order valence-electron chi connectivity index (χ1n) is 6.05. The molecule has 0 bridgehead atoms. The molecule has 7 heteroatoms. The fraction of sp³-hybridized carbons (Fsp3) is 0.143. The van der Waals surface area contributed by atoms with Gasteiger partial charge < -0.3 is 15.2 Å². The van der Waals surface area contributed by atoms with Crippen LogP contribution in [0.5, 0.6) is 11.5 Å². The van der Waals surface area contributed by atoms with Crippen molar-refractivity contribution in [2.24, 2.45) is 0 Å². The van der Waals surface area contributed by atoms with Crippen molar-refractivity contribution < 1.29 is 14.8 Å². The van der Waals surface area contributed by atoms with Crippen LogP contribution >= 0.6 is 11.6 Å². The van der Waals surface area contributed by atoms with Gasteiger partial charge in [-0.1, -0.05) is 17.7 Å². The monoisotopic (exact) mass is 308 g/mol. The summed E-state index contributed by atoms with van der Waals surface area (Å²) in [7, 11) is 1.46. The molecule has 0 aliphatic heterocycles. The summed E-state index contributed by atoms with van der Waals surface area (Å²) in [6.45, 7) is 0.319. The van der Waals surface area contributed by atoms with E-state index in [9.17, 15) is 15.2 Å². The molecule has 0 radical (unpaired) electrons. The van der Waals surface area contributed by atoms with E-state index in [2.05, 4.69) is 5.32 Å². The van der Waals surface area contributed by atoms with Gasteiger partial charge in [-0.25, -0.2) is 0 Å². The Bertz CT molecular complexity index is 676. The molecule has 0 unspecified atom stereocenters. The number of aromatic hydroxyl groups is 1. The van der Waals surface area contributed by atoms with Gasteiger partial charge in [-0.05, 0) is 29.8 Å². The number of nitro benzene ring substituents is 1. The zero-order chi connectivity index (χ0) is 15.4. The average molecular weight is 309 g/mol. The van der Waals surface area contributed by atoms with Gasteiger partial charge in [0.25, 0.3) is 5.69 Å². The number of nitrogens with one attached hydrogen (secondary N) is 1. The second kappa shape index (κ2) is 6.32. The van der Waals surface area contributed by atoms with E-state index in [1.54, 1.807) is 24.3 Å². The lowest BCUT2D eigenvalue weighted by Gasteiger charge is -2.09. The van der Waals surface area contributed by atoms with Crippen LogP contribution in [0.25, 0.3) is 0 Å². The summed E-state index contributed by atoms with van der Waals surface area (Å²) in [5, 5.41) is 23.9. The predicted molar refractivity (Wildman–Crippen MR) is 80.1 cm³/mol. The number of hydrogen-bond acceptors (Lipinski definition) is 5. The normalized spacial score (nSPS) is 10.2. The molecular weight excluding hydrogens is 296 g/mol. The molecule has 0 aliphatic rings. The maximum atomic E-state index is 11.0. The minimum Gasteiger partial charge on any atom is -0.504 e. The number of phenols is 1. The fourth-order valence-electron chi connectivity index (χ4n) is 1.85. The Balaban J connectivity index is 2.16. The highest BCUT2D eigenvalue weighted by Gasteiger charge is 2.14. The lowest BCUT2D eigenvalue weighted by atomic mass is 10.2. The number of hydrogen-bond donors (Lipinski definition) is 2. The Kier molecular flexibility index (Phi) is 4.49. The highest BCUT2D eigenvalue weighted by atomic mass is 35.5. The van der Waals surface area contributed by atoms with Gasteiger partial charge in [-0.2, -0.15) is 0 Å². The molecule has 0 saturated carbocycles. The predicted octanol–water partition coefficient (Wildman–Crippen LogP) is 3.57. The van der Waals surface area contributed by atoms with E-state index < -0.39 is 4.92 Å². The Labute approximate surface area is 126 Å². The minimum absolute atomic E-state index is 0.0161. The topological polar surface area (TPSA) is 84.6 Å². The maximum Gasteiger partial charge on any atom is 0.293 e. The Hall–Kier alpha value is -2.47. The molecule has 6 nitrogen and oxygen atoms in total. The van der Waals surface area contributed by atoms with Crippen LogP contribution in [0.1, 0.15) is 5.56 Å². The fourth-order valence-corrected chi connectivity index (χ4v) is 2.01. The van der Waals surface area contributed by atoms with Crippen molar-refractivity contribution in [1.82, 2.24) is 0 Å². The van der Waals surface area contributed by atoms with Crippen LogP contribution in [0.15, 0.2) is 36.4 Å². The third kappa shape index (κ3) is 3.55. The van der Waals surface area contributed by atoms with Gasteiger partial charge in [0, 0.05) is 17.6 Å². The number of phenolic OH excluding ortho intramolecular Hbond substituents is 1. The average Bonchev–Trinajstić information content (AvgIpc) is 2.46. The number of anilines is 1. The summed E-state index contributed by atoms with van der Waals surface area (Å²) in [5.41, 5.74) is 1.03. The van der Waals surface area contributed by atoms with E-state index in [0.717, 1.165) is 5.56 Å². The van der Waals surface area contributed by atoms with Gasteiger partial charge in [0.15, 0.2) is 11.5 Å². The number of halogens is 1. The number of rotatable bonds is 5. The van der Waals surface area contributed by atoms with Crippen LogP contribution in [0, 0.1) is 10.1 Å². The number of methoxy groups -OCH3 is 1. The van der Waals surface area contributed by atoms with Gasteiger partial charge in [0.2, 0.25) is 0 Å². The van der Waals surface area contributed by atoms with E-state index in [0.29, 0.717) is 23.0 Å². The molecule has 0 saturated heterocycles. The van der Waals surface area contributed by atoms with Crippen LogP contribution < -0.4 is 10.1 Å². The van der Waals surface area contributed by atoms with Crippen molar-refractivity contribution in [3.8, 4) is 11.5 Å². The van der Waals surface area contributed by atoms with E-state index in [1.165, 1.54) is 19.2 Å². The standard InChI is InChI=1S/C14H13ClN2O4/c1-21-14-5-2-9(6-13(14)18)8-16-11-4-3-10(15)7-12(11)17(19)20/h2-7,16,18H,8H2,1H3. The summed E-state index contributed by atoms with van der Waals surface area (Å²) in [6, 6.07) is 9.32. The molecule has 0 aromatic heterocycles. The van der Waals surface area contributed by atoms with Gasteiger partial charge in [-0.3, -0.25) is 10.1 Å². The van der Waals surface area contributed by atoms with Crippen LogP contribution in [-0.4, -0.2) is 17.1 Å². The quantitative estimate of drug-likeness (QED) is 0.651. The third-order valence-corrected chi connectivity index (χ3v) is 3.12. The largest absolute Gasteiger partial charge is 0.504 e. The van der Waals surface area contributed by atoms with Crippen molar-refractivity contribution in [2.45, 2.75) is 6.54 Å². The number of ether oxygens (including phenoxy) is 1. The molecule has 110 valence electrons. The molecule has 2 aromatic rings. The zero-order valence-corrected chi connectivity index (χ0v) is 11.9. The van der Waals surface area contributed by atoms with E-state index in [1.807, 2.05) is 0 Å². The van der Waals surface area contributed by atoms with Crippen molar-refractivity contribution in [2.75, 3.05) is 12.4 Å². The summed E-state index contributed by atoms with van der Waals surface area (Å²) >= 11 is 5.75. The molecule has 2 N–H and O–H groups in total. The molecule has 2 rings (SSSR count). The smallest absolute Gasteiger partial charge is 0.293 e. The molecule has 0 amide bonds. The SMILES string of the molecule is COc1ccc(CNc2ccc(Cl)cc2[N+](=O)[O-])cc1O.